The number of hydrogen-bond donors (Lipinski definition) is 0. The number of amides is 1. The summed E-state index contributed by atoms with van der Waals surface area (Å²) >= 11 is 0. The summed E-state index contributed by atoms with van der Waals surface area (Å²) < 4.78 is 2.25. The van der Waals surface area contributed by atoms with Crippen LogP contribution in [0.5, 0.6) is 0 Å². The average molecular weight is 332 g/mol. The summed E-state index contributed by atoms with van der Waals surface area (Å²) in [4.78, 5) is 17.3. The summed E-state index contributed by atoms with van der Waals surface area (Å²) in [6.07, 6.45) is 7.23. The number of carbonyl (C=O) groups is 1. The van der Waals surface area contributed by atoms with Crippen LogP contribution in [-0.4, -0.2) is 53.0 Å². The van der Waals surface area contributed by atoms with E-state index >= 15 is 0 Å². The first-order valence-electron chi connectivity index (χ1n) is 9.67. The van der Waals surface area contributed by atoms with E-state index in [0.29, 0.717) is 12.3 Å². The van der Waals surface area contributed by atoms with Crippen LogP contribution in [0.2, 0.25) is 0 Å². The quantitative estimate of drug-likeness (QED) is 0.829. The Kier molecular flexibility index (Phi) is 5.65. The predicted molar refractivity (Wildman–Crippen MR) is 98.1 cm³/mol. The molecule has 4 nitrogen and oxygen atoms in total. The molecule has 1 aromatic rings. The maximum Gasteiger partial charge on any atom is 0.224 e. The van der Waals surface area contributed by atoms with Crippen molar-refractivity contribution < 1.29 is 4.79 Å². The molecule has 0 radical (unpaired) electrons. The zero-order chi connectivity index (χ0) is 17.1. The number of carbonyl (C=O) groups excluding carboxylic acids is 1. The maximum atomic E-state index is 12.6. The second-order valence-electron chi connectivity index (χ2n) is 7.79. The van der Waals surface area contributed by atoms with Gasteiger partial charge in [-0.15, -0.1) is 0 Å². The Morgan fingerprint density at radius 3 is 2.58 bits per heavy atom. The molecule has 0 saturated carbocycles. The van der Waals surface area contributed by atoms with Crippen LogP contribution >= 0.6 is 0 Å². The fourth-order valence-corrected chi connectivity index (χ4v) is 4.69. The second kappa shape index (κ2) is 7.73. The molecule has 2 unspecified atom stereocenters. The van der Waals surface area contributed by atoms with Gasteiger partial charge in [0.2, 0.25) is 5.91 Å². The second-order valence-corrected chi connectivity index (χ2v) is 7.79. The molecule has 134 valence electrons. The van der Waals surface area contributed by atoms with Gasteiger partial charge in [-0.25, -0.2) is 0 Å². The first kappa shape index (κ1) is 17.5. The van der Waals surface area contributed by atoms with E-state index in [-0.39, 0.29) is 5.91 Å². The minimum atomic E-state index is 0.287. The molecule has 24 heavy (non-hydrogen) atoms. The third-order valence-corrected chi connectivity index (χ3v) is 6.13. The summed E-state index contributed by atoms with van der Waals surface area (Å²) in [6, 6.07) is 4.98. The van der Waals surface area contributed by atoms with Gasteiger partial charge in [0.05, 0.1) is 0 Å². The highest BCUT2D eigenvalue weighted by molar-refractivity contribution is 5.75. The van der Waals surface area contributed by atoms with Crippen molar-refractivity contribution in [2.24, 2.45) is 5.92 Å². The van der Waals surface area contributed by atoms with Crippen LogP contribution in [0, 0.1) is 19.8 Å². The highest BCUT2D eigenvalue weighted by Gasteiger charge is 2.33. The lowest BCUT2D eigenvalue weighted by molar-refractivity contribution is -0.131. The van der Waals surface area contributed by atoms with Crippen molar-refractivity contribution in [3.05, 3.63) is 23.5 Å². The monoisotopic (exact) mass is 331 g/mol. The van der Waals surface area contributed by atoms with E-state index in [1.807, 2.05) is 11.9 Å². The molecule has 3 rings (SSSR count). The summed E-state index contributed by atoms with van der Waals surface area (Å²) in [5.74, 6) is 0.957. The number of rotatable bonds is 5. The number of piperidine rings is 2. The van der Waals surface area contributed by atoms with Gasteiger partial charge < -0.3 is 14.4 Å². The van der Waals surface area contributed by atoms with Crippen LogP contribution < -0.4 is 0 Å². The van der Waals surface area contributed by atoms with Gasteiger partial charge in [-0.3, -0.25) is 4.79 Å². The van der Waals surface area contributed by atoms with E-state index in [1.54, 1.807) is 0 Å². The van der Waals surface area contributed by atoms with Crippen molar-refractivity contribution in [1.29, 1.82) is 0 Å². The Balaban J connectivity index is 1.52. The molecule has 0 bridgehead atoms. The molecule has 0 aliphatic carbocycles. The molecule has 2 fully saturated rings. The van der Waals surface area contributed by atoms with Crippen molar-refractivity contribution in [3.8, 4) is 0 Å². The standard InChI is InChI=1S/C20H33N3O/c1-16-9-10-17(2)23(16)14-11-20(24)21(3)15-18-7-6-13-22-12-5-4-8-19(18)22/h9-10,18-19H,4-8,11-15H2,1-3H3. The van der Waals surface area contributed by atoms with E-state index in [4.69, 9.17) is 0 Å². The van der Waals surface area contributed by atoms with Gasteiger partial charge in [0, 0.05) is 44.0 Å². The summed E-state index contributed by atoms with van der Waals surface area (Å²) in [5.41, 5.74) is 2.49. The van der Waals surface area contributed by atoms with E-state index in [9.17, 15) is 4.79 Å². The maximum absolute atomic E-state index is 12.6. The molecule has 3 heterocycles. The molecule has 2 saturated heterocycles. The first-order chi connectivity index (χ1) is 11.6. The van der Waals surface area contributed by atoms with Gasteiger partial charge >= 0.3 is 0 Å². The number of aryl methyl sites for hydroxylation is 2. The number of aromatic nitrogens is 1. The first-order valence-corrected chi connectivity index (χ1v) is 9.67. The van der Waals surface area contributed by atoms with Crippen molar-refractivity contribution in [1.82, 2.24) is 14.4 Å². The van der Waals surface area contributed by atoms with Crippen molar-refractivity contribution in [2.45, 2.75) is 65.0 Å². The smallest absolute Gasteiger partial charge is 0.224 e. The van der Waals surface area contributed by atoms with E-state index in [1.165, 1.54) is 56.6 Å². The number of nitrogens with zero attached hydrogens (tertiary/aromatic N) is 3. The molecule has 0 N–H and O–H groups in total. The summed E-state index contributed by atoms with van der Waals surface area (Å²) in [5, 5.41) is 0. The van der Waals surface area contributed by atoms with Crippen LogP contribution in [0.4, 0.5) is 0 Å². The molecule has 0 aromatic carbocycles. The molecular weight excluding hydrogens is 298 g/mol. The Morgan fingerprint density at radius 2 is 1.83 bits per heavy atom. The Bertz CT molecular complexity index is 544. The van der Waals surface area contributed by atoms with Gasteiger partial charge in [-0.2, -0.15) is 0 Å². The molecule has 1 amide bonds. The molecular formula is C20H33N3O. The molecule has 2 atom stereocenters. The fourth-order valence-electron chi connectivity index (χ4n) is 4.69. The van der Waals surface area contributed by atoms with Crippen LogP contribution in [0.15, 0.2) is 12.1 Å². The van der Waals surface area contributed by atoms with Gasteiger partial charge in [-0.1, -0.05) is 6.42 Å². The van der Waals surface area contributed by atoms with Gasteiger partial charge in [0.1, 0.15) is 0 Å². The Morgan fingerprint density at radius 1 is 1.12 bits per heavy atom. The lowest BCUT2D eigenvalue weighted by atomic mass is 9.83. The van der Waals surface area contributed by atoms with Gasteiger partial charge in [0.25, 0.3) is 0 Å². The van der Waals surface area contributed by atoms with Crippen molar-refractivity contribution in [2.75, 3.05) is 26.7 Å². The predicted octanol–water partition coefficient (Wildman–Crippen LogP) is 3.22. The van der Waals surface area contributed by atoms with E-state index in [0.717, 1.165) is 19.1 Å². The lowest BCUT2D eigenvalue weighted by Crippen LogP contribution is -2.51. The topological polar surface area (TPSA) is 28.5 Å². The molecule has 4 heteroatoms. The molecule has 2 aliphatic rings. The minimum absolute atomic E-state index is 0.287. The number of fused-ring (bicyclic) bond motifs is 1. The van der Waals surface area contributed by atoms with Gasteiger partial charge in [-0.05, 0) is 70.7 Å². The largest absolute Gasteiger partial charge is 0.349 e. The summed E-state index contributed by atoms with van der Waals surface area (Å²) in [7, 11) is 2.00. The third kappa shape index (κ3) is 3.85. The van der Waals surface area contributed by atoms with Crippen LogP contribution in [0.1, 0.15) is 49.9 Å². The van der Waals surface area contributed by atoms with Gasteiger partial charge in [0.15, 0.2) is 0 Å². The van der Waals surface area contributed by atoms with Crippen molar-refractivity contribution in [3.63, 3.8) is 0 Å². The van der Waals surface area contributed by atoms with E-state index < -0.39 is 0 Å². The normalized spacial score (nSPS) is 24.6. The third-order valence-electron chi connectivity index (χ3n) is 6.13. The zero-order valence-corrected chi connectivity index (χ0v) is 15.6. The Labute approximate surface area is 146 Å². The SMILES string of the molecule is Cc1ccc(C)n1CCC(=O)N(C)CC1CCCN2CCCCC12. The highest BCUT2D eigenvalue weighted by Crippen LogP contribution is 2.31. The molecule has 1 aromatic heterocycles. The van der Waals surface area contributed by atoms with Crippen molar-refractivity contribution >= 4 is 5.91 Å². The lowest BCUT2D eigenvalue weighted by Gasteiger charge is -2.45. The highest BCUT2D eigenvalue weighted by atomic mass is 16.2. The Hall–Kier alpha value is -1.29. The molecule has 0 spiro atoms. The fraction of sp³-hybridized carbons (Fsp3) is 0.750. The minimum Gasteiger partial charge on any atom is -0.349 e. The van der Waals surface area contributed by atoms with Crippen LogP contribution in [-0.2, 0) is 11.3 Å². The molecule has 2 aliphatic heterocycles. The summed E-state index contributed by atoms with van der Waals surface area (Å²) in [6.45, 7) is 8.50. The average Bonchev–Trinajstić information content (AvgIpc) is 2.91. The van der Waals surface area contributed by atoms with Crippen LogP contribution in [0.25, 0.3) is 0 Å². The van der Waals surface area contributed by atoms with Crippen LogP contribution in [0.3, 0.4) is 0 Å². The zero-order valence-electron chi connectivity index (χ0n) is 15.6. The number of hydrogen-bond acceptors (Lipinski definition) is 2. The van der Waals surface area contributed by atoms with E-state index in [2.05, 4.69) is 35.4 Å².